The van der Waals surface area contributed by atoms with Crippen molar-refractivity contribution in [1.82, 2.24) is 15.3 Å². The van der Waals surface area contributed by atoms with Crippen molar-refractivity contribution in [3.8, 4) is 11.3 Å². The summed E-state index contributed by atoms with van der Waals surface area (Å²) in [6, 6.07) is 30.4. The molecule has 0 radical (unpaired) electrons. The topological polar surface area (TPSA) is 54.9 Å². The van der Waals surface area contributed by atoms with Gasteiger partial charge in [0.2, 0.25) is 5.91 Å². The first-order valence-electron chi connectivity index (χ1n) is 12.2. The Kier molecular flexibility index (Phi) is 6.59. The quantitative estimate of drug-likeness (QED) is 0.301. The highest BCUT2D eigenvalue weighted by atomic mass is 16.1. The fourth-order valence-corrected chi connectivity index (χ4v) is 4.72. The molecular weight excluding hydrogens is 442 g/mol. The summed E-state index contributed by atoms with van der Waals surface area (Å²) in [5, 5.41) is 4.30. The molecule has 5 rings (SSSR count). The van der Waals surface area contributed by atoms with E-state index in [0.717, 1.165) is 44.5 Å². The summed E-state index contributed by atoms with van der Waals surface area (Å²) >= 11 is 0. The van der Waals surface area contributed by atoms with E-state index in [9.17, 15) is 4.79 Å². The van der Waals surface area contributed by atoms with Crippen molar-refractivity contribution in [3.63, 3.8) is 0 Å². The van der Waals surface area contributed by atoms with Crippen molar-refractivity contribution in [1.29, 1.82) is 0 Å². The van der Waals surface area contributed by atoms with Crippen molar-refractivity contribution in [3.05, 3.63) is 131 Å². The number of pyridine rings is 2. The number of aryl methyl sites for hydroxylation is 3. The molecule has 0 aliphatic carbocycles. The minimum Gasteiger partial charge on any atom is -0.345 e. The lowest BCUT2D eigenvalue weighted by molar-refractivity contribution is -0.120. The lowest BCUT2D eigenvalue weighted by Crippen LogP contribution is -2.31. The van der Waals surface area contributed by atoms with Crippen LogP contribution in [-0.4, -0.2) is 15.9 Å². The normalized spacial score (nSPS) is 11.9. The molecule has 0 fully saturated rings. The summed E-state index contributed by atoms with van der Waals surface area (Å²) in [5.41, 5.74) is 9.30. The van der Waals surface area contributed by atoms with E-state index in [0.29, 0.717) is 6.42 Å². The second-order valence-electron chi connectivity index (χ2n) is 9.31. The second kappa shape index (κ2) is 10.1. The molecule has 1 amide bonds. The van der Waals surface area contributed by atoms with Gasteiger partial charge in [0.1, 0.15) is 0 Å². The van der Waals surface area contributed by atoms with Crippen LogP contribution in [0.15, 0.2) is 97.2 Å². The molecule has 2 heterocycles. The number of amides is 1. The van der Waals surface area contributed by atoms with Gasteiger partial charge in [0, 0.05) is 22.8 Å². The molecule has 2 aromatic heterocycles. The average Bonchev–Trinajstić information content (AvgIpc) is 2.88. The molecule has 4 nitrogen and oxygen atoms in total. The first-order chi connectivity index (χ1) is 17.5. The van der Waals surface area contributed by atoms with Crippen LogP contribution < -0.4 is 5.32 Å². The standard InChI is InChI=1S/C32H29N3O/c1-21-11-14-27(22(2)18-21)32(25-8-5-4-6-9-25)35-31(36)20-24-12-15-29-26(19-24)13-16-30(34-29)28-10-7-17-33-23(28)3/h4-19,32H,20H2,1-3H3,(H,35,36). The molecule has 1 N–H and O–H groups in total. The van der Waals surface area contributed by atoms with E-state index in [-0.39, 0.29) is 11.9 Å². The second-order valence-corrected chi connectivity index (χ2v) is 9.31. The number of carbonyl (C=O) groups excluding carboxylic acids is 1. The van der Waals surface area contributed by atoms with Crippen molar-refractivity contribution in [2.75, 3.05) is 0 Å². The molecule has 0 aliphatic rings. The minimum atomic E-state index is -0.202. The lowest BCUT2D eigenvalue weighted by atomic mass is 9.93. The molecule has 4 heteroatoms. The van der Waals surface area contributed by atoms with E-state index in [1.165, 1.54) is 11.1 Å². The number of benzene rings is 3. The Morgan fingerprint density at radius 3 is 2.47 bits per heavy atom. The number of fused-ring (bicyclic) bond motifs is 1. The van der Waals surface area contributed by atoms with Crippen LogP contribution in [0, 0.1) is 20.8 Å². The highest BCUT2D eigenvalue weighted by molar-refractivity contribution is 5.85. The van der Waals surface area contributed by atoms with Crippen LogP contribution in [0.3, 0.4) is 0 Å². The summed E-state index contributed by atoms with van der Waals surface area (Å²) in [5.74, 6) is -0.0151. The Bertz CT molecular complexity index is 1540. The Balaban J connectivity index is 1.38. The SMILES string of the molecule is Cc1ccc(C(NC(=O)Cc2ccc3nc(-c4cccnc4C)ccc3c2)c2ccccc2)c(C)c1. The van der Waals surface area contributed by atoms with Crippen molar-refractivity contribution in [2.24, 2.45) is 0 Å². The highest BCUT2D eigenvalue weighted by Gasteiger charge is 2.19. The van der Waals surface area contributed by atoms with Gasteiger partial charge < -0.3 is 5.32 Å². The molecule has 0 saturated carbocycles. The predicted molar refractivity (Wildman–Crippen MR) is 146 cm³/mol. The van der Waals surface area contributed by atoms with Gasteiger partial charge in [0.15, 0.2) is 0 Å². The summed E-state index contributed by atoms with van der Waals surface area (Å²) in [6.07, 6.45) is 2.09. The fourth-order valence-electron chi connectivity index (χ4n) is 4.72. The highest BCUT2D eigenvalue weighted by Crippen LogP contribution is 2.27. The zero-order chi connectivity index (χ0) is 25.1. The first-order valence-corrected chi connectivity index (χ1v) is 12.2. The van der Waals surface area contributed by atoms with E-state index >= 15 is 0 Å². The third kappa shape index (κ3) is 5.03. The van der Waals surface area contributed by atoms with Gasteiger partial charge >= 0.3 is 0 Å². The van der Waals surface area contributed by atoms with Gasteiger partial charge in [0.05, 0.1) is 23.7 Å². The van der Waals surface area contributed by atoms with E-state index in [1.54, 1.807) is 6.20 Å². The summed E-state index contributed by atoms with van der Waals surface area (Å²) in [6.45, 7) is 6.17. The number of nitrogens with one attached hydrogen (secondary N) is 1. The van der Waals surface area contributed by atoms with Gasteiger partial charge in [-0.1, -0.05) is 66.2 Å². The first kappa shape index (κ1) is 23.4. The van der Waals surface area contributed by atoms with E-state index in [2.05, 4.69) is 66.6 Å². The maximum atomic E-state index is 13.2. The van der Waals surface area contributed by atoms with Gasteiger partial charge in [-0.3, -0.25) is 9.78 Å². The van der Waals surface area contributed by atoms with Gasteiger partial charge in [-0.2, -0.15) is 0 Å². The van der Waals surface area contributed by atoms with E-state index in [1.807, 2.05) is 55.5 Å². The predicted octanol–water partition coefficient (Wildman–Crippen LogP) is 6.67. The zero-order valence-corrected chi connectivity index (χ0v) is 20.8. The van der Waals surface area contributed by atoms with Crippen LogP contribution >= 0.6 is 0 Å². The average molecular weight is 472 g/mol. The van der Waals surface area contributed by atoms with Crippen LogP contribution in [-0.2, 0) is 11.2 Å². The molecule has 0 aliphatic heterocycles. The third-order valence-electron chi connectivity index (χ3n) is 6.58. The molecule has 178 valence electrons. The van der Waals surface area contributed by atoms with Crippen LogP contribution in [0.4, 0.5) is 0 Å². The monoisotopic (exact) mass is 471 g/mol. The largest absolute Gasteiger partial charge is 0.345 e. The lowest BCUT2D eigenvalue weighted by Gasteiger charge is -2.22. The molecule has 1 unspecified atom stereocenters. The number of hydrogen-bond acceptors (Lipinski definition) is 3. The number of aromatic nitrogens is 2. The van der Waals surface area contributed by atoms with Gasteiger partial charge in [-0.15, -0.1) is 0 Å². The van der Waals surface area contributed by atoms with E-state index in [4.69, 9.17) is 4.98 Å². The van der Waals surface area contributed by atoms with Gasteiger partial charge in [0.25, 0.3) is 0 Å². The van der Waals surface area contributed by atoms with Crippen LogP contribution in [0.1, 0.15) is 39.6 Å². The molecule has 1 atom stereocenters. The summed E-state index contributed by atoms with van der Waals surface area (Å²) in [7, 11) is 0. The molecule has 0 bridgehead atoms. The van der Waals surface area contributed by atoms with Gasteiger partial charge in [-0.05, 0) is 73.4 Å². The van der Waals surface area contributed by atoms with E-state index < -0.39 is 0 Å². The Labute approximate surface area is 212 Å². The van der Waals surface area contributed by atoms with Gasteiger partial charge in [-0.25, -0.2) is 4.98 Å². The minimum absolute atomic E-state index is 0.0151. The molecule has 3 aromatic carbocycles. The smallest absolute Gasteiger partial charge is 0.225 e. The third-order valence-corrected chi connectivity index (χ3v) is 6.58. The molecular formula is C32H29N3O. The Morgan fingerprint density at radius 1 is 0.861 bits per heavy atom. The van der Waals surface area contributed by atoms with Crippen LogP contribution in [0.5, 0.6) is 0 Å². The van der Waals surface area contributed by atoms with Crippen molar-refractivity contribution >= 4 is 16.8 Å². The number of nitrogens with zero attached hydrogens (tertiary/aromatic N) is 2. The fraction of sp³-hybridized carbons (Fsp3) is 0.156. The molecule has 0 saturated heterocycles. The van der Waals surface area contributed by atoms with Crippen LogP contribution in [0.2, 0.25) is 0 Å². The molecule has 36 heavy (non-hydrogen) atoms. The number of rotatable bonds is 6. The number of carbonyl (C=O) groups is 1. The Hall–Kier alpha value is -4.31. The summed E-state index contributed by atoms with van der Waals surface area (Å²) < 4.78 is 0. The van der Waals surface area contributed by atoms with Crippen molar-refractivity contribution < 1.29 is 4.79 Å². The van der Waals surface area contributed by atoms with Crippen LogP contribution in [0.25, 0.3) is 22.2 Å². The number of hydrogen-bond donors (Lipinski definition) is 1. The van der Waals surface area contributed by atoms with Crippen molar-refractivity contribution in [2.45, 2.75) is 33.2 Å². The maximum absolute atomic E-state index is 13.2. The zero-order valence-electron chi connectivity index (χ0n) is 20.8. The molecule has 5 aromatic rings. The molecule has 0 spiro atoms. The Morgan fingerprint density at radius 2 is 1.69 bits per heavy atom. The summed E-state index contributed by atoms with van der Waals surface area (Å²) in [4.78, 5) is 22.4. The maximum Gasteiger partial charge on any atom is 0.225 e.